The van der Waals surface area contributed by atoms with Gasteiger partial charge < -0.3 is 5.32 Å². The van der Waals surface area contributed by atoms with Gasteiger partial charge in [0.05, 0.1) is 5.75 Å². The van der Waals surface area contributed by atoms with Crippen molar-refractivity contribution in [3.05, 3.63) is 0 Å². The molecule has 0 heterocycles. The first kappa shape index (κ1) is 15.9. The summed E-state index contributed by atoms with van der Waals surface area (Å²) < 4.78 is 25.0. The molecule has 4 nitrogen and oxygen atoms in total. The third-order valence-electron chi connectivity index (χ3n) is 2.43. The Bertz CT molecular complexity index is 263. The first-order valence-corrected chi connectivity index (χ1v) is 7.68. The third kappa shape index (κ3) is 7.19. The lowest BCUT2D eigenvalue weighted by Crippen LogP contribution is -2.32. The van der Waals surface area contributed by atoms with Crippen LogP contribution >= 0.6 is 0 Å². The van der Waals surface area contributed by atoms with Gasteiger partial charge in [0.1, 0.15) is 0 Å². The Balaban J connectivity index is 3.86. The van der Waals surface area contributed by atoms with Gasteiger partial charge in [-0.1, -0.05) is 27.2 Å². The maximum Gasteiger partial charge on any atom is 0.213 e. The molecule has 0 rings (SSSR count). The van der Waals surface area contributed by atoms with Crippen molar-refractivity contribution >= 4 is 10.0 Å². The molecule has 5 heteroatoms. The topological polar surface area (TPSA) is 49.4 Å². The SMILES string of the molecule is CCCCN(C)S(=O)(=O)CCCNC(C)C. The van der Waals surface area contributed by atoms with E-state index >= 15 is 0 Å². The van der Waals surface area contributed by atoms with E-state index in [9.17, 15) is 8.42 Å². The Morgan fingerprint density at radius 1 is 1.25 bits per heavy atom. The predicted molar refractivity (Wildman–Crippen MR) is 69.1 cm³/mol. The van der Waals surface area contributed by atoms with Gasteiger partial charge in [0.15, 0.2) is 0 Å². The standard InChI is InChI=1S/C11H26N2O2S/c1-5-6-9-13(4)16(14,15)10-7-8-12-11(2)3/h11-12H,5-10H2,1-4H3. The van der Waals surface area contributed by atoms with Crippen molar-refractivity contribution in [1.29, 1.82) is 0 Å². The van der Waals surface area contributed by atoms with Crippen molar-refractivity contribution in [2.75, 3.05) is 25.9 Å². The lowest BCUT2D eigenvalue weighted by atomic mass is 10.3. The van der Waals surface area contributed by atoms with Crippen molar-refractivity contribution in [2.45, 2.75) is 46.1 Å². The maximum atomic E-state index is 11.8. The Hall–Kier alpha value is -0.130. The average molecular weight is 250 g/mol. The van der Waals surface area contributed by atoms with Crippen LogP contribution in [0.2, 0.25) is 0 Å². The normalized spacial score (nSPS) is 12.6. The van der Waals surface area contributed by atoms with E-state index in [1.807, 2.05) is 0 Å². The van der Waals surface area contributed by atoms with Gasteiger partial charge in [-0.15, -0.1) is 0 Å². The average Bonchev–Trinajstić information content (AvgIpc) is 2.20. The van der Waals surface area contributed by atoms with E-state index in [1.165, 1.54) is 4.31 Å². The monoisotopic (exact) mass is 250 g/mol. The largest absolute Gasteiger partial charge is 0.314 e. The van der Waals surface area contributed by atoms with Crippen LogP contribution < -0.4 is 5.32 Å². The van der Waals surface area contributed by atoms with Gasteiger partial charge in [-0.2, -0.15) is 0 Å². The summed E-state index contributed by atoms with van der Waals surface area (Å²) in [5.74, 6) is 0.243. The van der Waals surface area contributed by atoms with E-state index in [4.69, 9.17) is 0 Å². The zero-order chi connectivity index (χ0) is 12.6. The number of sulfonamides is 1. The lowest BCUT2D eigenvalue weighted by Gasteiger charge is -2.17. The minimum atomic E-state index is -3.04. The first-order chi connectivity index (χ1) is 7.40. The smallest absolute Gasteiger partial charge is 0.213 e. The molecule has 0 bridgehead atoms. The molecular weight excluding hydrogens is 224 g/mol. The van der Waals surface area contributed by atoms with Crippen molar-refractivity contribution in [1.82, 2.24) is 9.62 Å². The van der Waals surface area contributed by atoms with Crippen LogP contribution in [0.25, 0.3) is 0 Å². The molecule has 0 saturated carbocycles. The zero-order valence-corrected chi connectivity index (χ0v) is 11.8. The molecule has 0 aliphatic carbocycles. The highest BCUT2D eigenvalue weighted by Crippen LogP contribution is 2.02. The second kappa shape index (κ2) is 8.03. The number of nitrogens with zero attached hydrogens (tertiary/aromatic N) is 1. The second-order valence-electron chi connectivity index (χ2n) is 4.45. The Morgan fingerprint density at radius 2 is 1.88 bits per heavy atom. The molecule has 0 aromatic carbocycles. The molecule has 0 atom stereocenters. The van der Waals surface area contributed by atoms with E-state index in [0.717, 1.165) is 19.4 Å². The van der Waals surface area contributed by atoms with Crippen molar-refractivity contribution in [3.8, 4) is 0 Å². The number of hydrogen-bond donors (Lipinski definition) is 1. The summed E-state index contributed by atoms with van der Waals surface area (Å²) in [4.78, 5) is 0. The highest BCUT2D eigenvalue weighted by molar-refractivity contribution is 7.89. The van der Waals surface area contributed by atoms with Gasteiger partial charge in [-0.25, -0.2) is 12.7 Å². The van der Waals surface area contributed by atoms with Gasteiger partial charge in [0, 0.05) is 19.6 Å². The molecular formula is C11H26N2O2S. The Labute approximate surface area is 100 Å². The van der Waals surface area contributed by atoms with E-state index in [0.29, 0.717) is 19.0 Å². The third-order valence-corrected chi connectivity index (χ3v) is 4.37. The van der Waals surface area contributed by atoms with Gasteiger partial charge in [0.25, 0.3) is 0 Å². The summed E-state index contributed by atoms with van der Waals surface area (Å²) in [5.41, 5.74) is 0. The summed E-state index contributed by atoms with van der Waals surface area (Å²) >= 11 is 0. The minimum Gasteiger partial charge on any atom is -0.314 e. The summed E-state index contributed by atoms with van der Waals surface area (Å²) in [6.45, 7) is 7.58. The summed E-state index contributed by atoms with van der Waals surface area (Å²) in [7, 11) is -1.37. The molecule has 0 saturated heterocycles. The second-order valence-corrected chi connectivity index (χ2v) is 6.65. The summed E-state index contributed by atoms with van der Waals surface area (Å²) in [6.07, 6.45) is 2.63. The van der Waals surface area contributed by atoms with Crippen molar-refractivity contribution in [3.63, 3.8) is 0 Å². The maximum absolute atomic E-state index is 11.8. The highest BCUT2D eigenvalue weighted by atomic mass is 32.2. The van der Waals surface area contributed by atoms with Crippen LogP contribution in [0.15, 0.2) is 0 Å². The highest BCUT2D eigenvalue weighted by Gasteiger charge is 2.16. The fourth-order valence-electron chi connectivity index (χ4n) is 1.32. The molecule has 0 amide bonds. The molecule has 0 fully saturated rings. The number of rotatable bonds is 9. The fourth-order valence-corrected chi connectivity index (χ4v) is 2.55. The lowest BCUT2D eigenvalue weighted by molar-refractivity contribution is 0.456. The van der Waals surface area contributed by atoms with Crippen LogP contribution in [-0.4, -0.2) is 44.7 Å². The summed E-state index contributed by atoms with van der Waals surface area (Å²) in [6, 6.07) is 0.417. The van der Waals surface area contributed by atoms with Gasteiger partial charge in [-0.05, 0) is 19.4 Å². The van der Waals surface area contributed by atoms with E-state index in [2.05, 4.69) is 26.1 Å². The van der Waals surface area contributed by atoms with Crippen LogP contribution in [0.5, 0.6) is 0 Å². The molecule has 0 spiro atoms. The van der Waals surface area contributed by atoms with Gasteiger partial charge >= 0.3 is 0 Å². The molecule has 16 heavy (non-hydrogen) atoms. The molecule has 0 aliphatic rings. The van der Waals surface area contributed by atoms with Crippen LogP contribution in [0.3, 0.4) is 0 Å². The van der Waals surface area contributed by atoms with E-state index in [1.54, 1.807) is 7.05 Å². The molecule has 98 valence electrons. The molecule has 0 unspecified atom stereocenters. The quantitative estimate of drug-likeness (QED) is 0.630. The molecule has 0 aliphatic heterocycles. The molecule has 0 aromatic rings. The Kier molecular flexibility index (Phi) is 7.97. The van der Waals surface area contributed by atoms with Crippen LogP contribution in [0.4, 0.5) is 0 Å². The molecule has 1 N–H and O–H groups in total. The zero-order valence-electron chi connectivity index (χ0n) is 11.0. The van der Waals surface area contributed by atoms with Gasteiger partial charge in [0.2, 0.25) is 10.0 Å². The van der Waals surface area contributed by atoms with Crippen LogP contribution in [0, 0.1) is 0 Å². The van der Waals surface area contributed by atoms with Gasteiger partial charge in [-0.3, -0.25) is 0 Å². The molecule has 0 radical (unpaired) electrons. The van der Waals surface area contributed by atoms with Crippen molar-refractivity contribution < 1.29 is 8.42 Å². The van der Waals surface area contributed by atoms with Crippen LogP contribution in [0.1, 0.15) is 40.0 Å². The first-order valence-electron chi connectivity index (χ1n) is 6.07. The van der Waals surface area contributed by atoms with Crippen LogP contribution in [-0.2, 0) is 10.0 Å². The van der Waals surface area contributed by atoms with E-state index < -0.39 is 10.0 Å². The Morgan fingerprint density at radius 3 is 2.38 bits per heavy atom. The van der Waals surface area contributed by atoms with E-state index in [-0.39, 0.29) is 5.75 Å². The minimum absolute atomic E-state index is 0.243. The number of nitrogens with one attached hydrogen (secondary N) is 1. The molecule has 0 aromatic heterocycles. The number of unbranched alkanes of at least 4 members (excludes halogenated alkanes) is 1. The summed E-state index contributed by atoms with van der Waals surface area (Å²) in [5, 5.41) is 3.22. The fraction of sp³-hybridized carbons (Fsp3) is 1.00. The van der Waals surface area contributed by atoms with Crippen molar-refractivity contribution in [2.24, 2.45) is 0 Å². The predicted octanol–water partition coefficient (Wildman–Crippen LogP) is 1.44. The number of hydrogen-bond acceptors (Lipinski definition) is 3.